The lowest BCUT2D eigenvalue weighted by Gasteiger charge is -2.14. The first-order valence-corrected chi connectivity index (χ1v) is 11.9. The Balaban J connectivity index is 1.55. The molecule has 0 radical (unpaired) electrons. The number of methoxy groups -OCH3 is 1. The Hall–Kier alpha value is -3.13. The molecule has 3 aromatic carbocycles. The van der Waals surface area contributed by atoms with Gasteiger partial charge in [0.15, 0.2) is 5.11 Å². The van der Waals surface area contributed by atoms with Gasteiger partial charge in [-0.2, -0.15) is 0 Å². The summed E-state index contributed by atoms with van der Waals surface area (Å²) in [6, 6.07) is 29.9. The zero-order valence-electron chi connectivity index (χ0n) is 17.2. The number of anilines is 2. The van der Waals surface area contributed by atoms with E-state index in [1.165, 1.54) is 18.4 Å². The van der Waals surface area contributed by atoms with Crippen LogP contribution in [0.5, 0.6) is 0 Å². The number of thiocarbonyl (C=S) groups is 1. The van der Waals surface area contributed by atoms with Gasteiger partial charge in [-0.05, 0) is 48.1 Å². The van der Waals surface area contributed by atoms with Crippen molar-refractivity contribution < 1.29 is 9.53 Å². The molecule has 0 aliphatic carbocycles. The molecule has 0 unspecified atom stereocenters. The summed E-state index contributed by atoms with van der Waals surface area (Å²) in [6.45, 7) is 0. The van der Waals surface area contributed by atoms with Gasteiger partial charge in [-0.3, -0.25) is 0 Å². The topological polar surface area (TPSA) is 50.4 Å². The lowest BCUT2D eigenvalue weighted by Crippen LogP contribution is -2.20. The van der Waals surface area contributed by atoms with E-state index in [1.54, 1.807) is 11.8 Å². The maximum absolute atomic E-state index is 12.4. The smallest absolute Gasteiger partial charge is 0.340 e. The fourth-order valence-electron chi connectivity index (χ4n) is 3.02. The van der Waals surface area contributed by atoms with E-state index >= 15 is 0 Å². The lowest BCUT2D eigenvalue weighted by molar-refractivity contribution is 0.0602. The molecule has 1 heterocycles. The molecule has 4 nitrogen and oxygen atoms in total. The van der Waals surface area contributed by atoms with Crippen molar-refractivity contribution >= 4 is 57.1 Å². The molecule has 0 aliphatic rings. The molecular weight excluding hydrogens is 456 g/mol. The molecule has 0 spiro atoms. The highest BCUT2D eigenvalue weighted by Gasteiger charge is 2.19. The van der Waals surface area contributed by atoms with Crippen LogP contribution in [0.1, 0.15) is 10.4 Å². The quantitative estimate of drug-likeness (QED) is 0.227. The second kappa shape index (κ2) is 10.5. The molecule has 0 fully saturated rings. The predicted octanol–water partition coefficient (Wildman–Crippen LogP) is 7.16. The zero-order valence-corrected chi connectivity index (χ0v) is 19.7. The normalized spacial score (nSPS) is 10.4. The first kappa shape index (κ1) is 22.1. The standard InChI is InChI=1S/C25H20N2O2S3/c1-29-24(28)19-16-22(17-10-4-2-5-11-17)32-23(19)27-25(30)26-20-14-8-9-15-21(20)31-18-12-6-3-7-13-18/h2-16H,1H3,(H2,26,27,30). The van der Waals surface area contributed by atoms with E-state index in [2.05, 4.69) is 22.8 Å². The Morgan fingerprint density at radius 2 is 1.56 bits per heavy atom. The second-order valence-corrected chi connectivity index (χ2v) is 9.28. The highest BCUT2D eigenvalue weighted by atomic mass is 32.2. The van der Waals surface area contributed by atoms with E-state index in [9.17, 15) is 4.79 Å². The van der Waals surface area contributed by atoms with Gasteiger partial charge in [0, 0.05) is 14.7 Å². The summed E-state index contributed by atoms with van der Waals surface area (Å²) in [6.07, 6.45) is 0. The van der Waals surface area contributed by atoms with Crippen molar-refractivity contribution in [2.45, 2.75) is 9.79 Å². The summed E-state index contributed by atoms with van der Waals surface area (Å²) < 4.78 is 4.97. The Bertz CT molecular complexity index is 1220. The number of hydrogen-bond acceptors (Lipinski definition) is 5. The number of hydrogen-bond donors (Lipinski definition) is 2. The van der Waals surface area contributed by atoms with Crippen LogP contribution >= 0.6 is 35.3 Å². The fraction of sp³-hybridized carbons (Fsp3) is 0.0400. The van der Waals surface area contributed by atoms with Crippen LogP contribution in [0.2, 0.25) is 0 Å². The van der Waals surface area contributed by atoms with Crippen molar-refractivity contribution in [3.05, 3.63) is 96.6 Å². The maximum atomic E-state index is 12.4. The minimum absolute atomic E-state index is 0.401. The third-order valence-electron chi connectivity index (χ3n) is 4.53. The summed E-state index contributed by atoms with van der Waals surface area (Å²) >= 11 is 8.69. The van der Waals surface area contributed by atoms with Crippen LogP contribution in [-0.2, 0) is 4.74 Å². The average Bonchev–Trinajstić information content (AvgIpc) is 3.24. The van der Waals surface area contributed by atoms with Gasteiger partial charge in [0.05, 0.1) is 18.4 Å². The minimum atomic E-state index is -0.409. The van der Waals surface area contributed by atoms with E-state index in [4.69, 9.17) is 17.0 Å². The molecule has 4 rings (SSSR count). The number of esters is 1. The summed E-state index contributed by atoms with van der Waals surface area (Å²) in [7, 11) is 1.37. The monoisotopic (exact) mass is 476 g/mol. The van der Waals surface area contributed by atoms with E-state index in [1.807, 2.05) is 78.9 Å². The van der Waals surface area contributed by atoms with Crippen molar-refractivity contribution in [3.63, 3.8) is 0 Å². The molecule has 4 aromatic rings. The number of carbonyl (C=O) groups is 1. The Kier molecular flexibility index (Phi) is 7.21. The van der Waals surface area contributed by atoms with Crippen LogP contribution in [-0.4, -0.2) is 18.2 Å². The maximum Gasteiger partial charge on any atom is 0.340 e. The molecule has 0 aliphatic heterocycles. The Labute approximate surface area is 200 Å². The lowest BCUT2D eigenvalue weighted by atomic mass is 10.1. The van der Waals surface area contributed by atoms with Crippen LogP contribution in [0.3, 0.4) is 0 Å². The van der Waals surface area contributed by atoms with E-state index < -0.39 is 5.97 Å². The Morgan fingerprint density at radius 1 is 0.906 bits per heavy atom. The van der Waals surface area contributed by atoms with Crippen LogP contribution in [0.4, 0.5) is 10.7 Å². The number of carbonyl (C=O) groups excluding carboxylic acids is 1. The zero-order chi connectivity index (χ0) is 22.3. The van der Waals surface area contributed by atoms with Crippen molar-refractivity contribution in [2.75, 3.05) is 17.7 Å². The van der Waals surface area contributed by atoms with Crippen LogP contribution in [0.15, 0.2) is 101 Å². The Morgan fingerprint density at radius 3 is 2.28 bits per heavy atom. The second-order valence-electron chi connectivity index (χ2n) is 6.70. The van der Waals surface area contributed by atoms with Crippen molar-refractivity contribution in [1.82, 2.24) is 0 Å². The molecule has 0 amide bonds. The van der Waals surface area contributed by atoms with Crippen molar-refractivity contribution in [3.8, 4) is 10.4 Å². The number of ether oxygens (including phenoxy) is 1. The third kappa shape index (κ3) is 5.37. The number of benzene rings is 3. The number of nitrogens with one attached hydrogen (secondary N) is 2. The van der Waals surface area contributed by atoms with Crippen LogP contribution < -0.4 is 10.6 Å². The molecule has 7 heteroatoms. The van der Waals surface area contributed by atoms with Crippen molar-refractivity contribution in [1.29, 1.82) is 0 Å². The SMILES string of the molecule is COC(=O)c1cc(-c2ccccc2)sc1NC(=S)Nc1ccccc1Sc1ccccc1. The molecule has 1 aromatic heterocycles. The molecule has 0 saturated heterocycles. The molecule has 0 bridgehead atoms. The fourth-order valence-corrected chi connectivity index (χ4v) is 5.28. The van der Waals surface area contributed by atoms with Crippen molar-refractivity contribution in [2.24, 2.45) is 0 Å². The number of thiophene rings is 1. The van der Waals surface area contributed by atoms with Gasteiger partial charge >= 0.3 is 5.97 Å². The largest absolute Gasteiger partial charge is 0.465 e. The molecule has 160 valence electrons. The summed E-state index contributed by atoms with van der Waals surface area (Å²) in [5, 5.41) is 7.49. The number of para-hydroxylation sites is 1. The highest BCUT2D eigenvalue weighted by Crippen LogP contribution is 2.37. The first-order chi connectivity index (χ1) is 15.6. The van der Waals surface area contributed by atoms with Gasteiger partial charge in [-0.25, -0.2) is 4.79 Å². The van der Waals surface area contributed by atoms with E-state index in [0.717, 1.165) is 25.9 Å². The van der Waals surface area contributed by atoms with Gasteiger partial charge in [-0.15, -0.1) is 11.3 Å². The average molecular weight is 477 g/mol. The van der Waals surface area contributed by atoms with Gasteiger partial charge in [-0.1, -0.05) is 72.4 Å². The van der Waals surface area contributed by atoms with Gasteiger partial charge in [0.1, 0.15) is 5.00 Å². The summed E-state index contributed by atoms with van der Waals surface area (Å²) in [5.41, 5.74) is 2.37. The first-order valence-electron chi connectivity index (χ1n) is 9.81. The number of rotatable bonds is 6. The summed E-state index contributed by atoms with van der Waals surface area (Å²) in [5.74, 6) is -0.409. The van der Waals surface area contributed by atoms with Crippen LogP contribution in [0, 0.1) is 0 Å². The summed E-state index contributed by atoms with van der Waals surface area (Å²) in [4.78, 5) is 15.5. The molecule has 0 saturated carbocycles. The molecule has 32 heavy (non-hydrogen) atoms. The highest BCUT2D eigenvalue weighted by molar-refractivity contribution is 7.99. The van der Waals surface area contributed by atoms with Crippen LogP contribution in [0.25, 0.3) is 10.4 Å². The third-order valence-corrected chi connectivity index (χ3v) is 6.92. The predicted molar refractivity (Wildman–Crippen MR) is 138 cm³/mol. The van der Waals surface area contributed by atoms with Gasteiger partial charge < -0.3 is 15.4 Å². The molecule has 0 atom stereocenters. The van der Waals surface area contributed by atoms with E-state index in [0.29, 0.717) is 15.7 Å². The molecular formula is C25H20N2O2S3. The van der Waals surface area contributed by atoms with Gasteiger partial charge in [0.25, 0.3) is 0 Å². The molecule has 2 N–H and O–H groups in total. The van der Waals surface area contributed by atoms with Gasteiger partial charge in [0.2, 0.25) is 0 Å². The van der Waals surface area contributed by atoms with E-state index in [-0.39, 0.29) is 0 Å². The minimum Gasteiger partial charge on any atom is -0.465 e.